The summed E-state index contributed by atoms with van der Waals surface area (Å²) in [4.78, 5) is 0. The number of benzene rings is 1. The predicted octanol–water partition coefficient (Wildman–Crippen LogP) is 3.25. The molecule has 0 spiro atoms. The Labute approximate surface area is 99.0 Å². The van der Waals surface area contributed by atoms with Crippen LogP contribution in [0.4, 0.5) is 0 Å². The van der Waals surface area contributed by atoms with E-state index in [2.05, 4.69) is 34.1 Å². The monoisotopic (exact) mass is 266 g/mol. The van der Waals surface area contributed by atoms with E-state index in [0.29, 0.717) is 0 Å². The summed E-state index contributed by atoms with van der Waals surface area (Å²) in [6, 6.07) is 6.47. The van der Waals surface area contributed by atoms with Crippen LogP contribution in [-0.4, -0.2) is 11.2 Å². The van der Waals surface area contributed by atoms with Crippen molar-refractivity contribution in [3.05, 3.63) is 45.4 Å². The summed E-state index contributed by atoms with van der Waals surface area (Å²) in [6.07, 6.45) is 4.82. The molecular formula is C13H15BrO. The first-order chi connectivity index (χ1) is 7.15. The SMILES string of the molecule is CC(O)/C=C1/CCc2cc(Br)ccc2C1. The molecule has 0 saturated carbocycles. The molecule has 1 nitrogen and oxygen atoms in total. The second-order valence-electron chi connectivity index (χ2n) is 4.16. The van der Waals surface area contributed by atoms with Gasteiger partial charge in [-0.25, -0.2) is 0 Å². The first-order valence-corrected chi connectivity index (χ1v) is 6.09. The van der Waals surface area contributed by atoms with Crippen LogP contribution in [0.1, 0.15) is 24.5 Å². The van der Waals surface area contributed by atoms with Crippen molar-refractivity contribution in [2.45, 2.75) is 32.3 Å². The summed E-state index contributed by atoms with van der Waals surface area (Å²) in [5, 5.41) is 9.31. The Hall–Kier alpha value is -0.600. The Bertz CT molecular complexity index is 394. The summed E-state index contributed by atoms with van der Waals surface area (Å²) in [5.41, 5.74) is 4.20. The lowest BCUT2D eigenvalue weighted by atomic mass is 9.87. The van der Waals surface area contributed by atoms with E-state index in [1.54, 1.807) is 0 Å². The molecule has 0 amide bonds. The van der Waals surface area contributed by atoms with Gasteiger partial charge >= 0.3 is 0 Å². The second-order valence-corrected chi connectivity index (χ2v) is 5.07. The van der Waals surface area contributed by atoms with Gasteiger partial charge in [0.15, 0.2) is 0 Å². The molecule has 0 heterocycles. The van der Waals surface area contributed by atoms with E-state index in [0.717, 1.165) is 23.7 Å². The molecule has 1 N–H and O–H groups in total. The quantitative estimate of drug-likeness (QED) is 0.774. The van der Waals surface area contributed by atoms with Gasteiger partial charge in [-0.1, -0.05) is 33.6 Å². The van der Waals surface area contributed by atoms with Crippen molar-refractivity contribution in [1.82, 2.24) is 0 Å². The zero-order chi connectivity index (χ0) is 10.8. The van der Waals surface area contributed by atoms with Crippen LogP contribution in [0.2, 0.25) is 0 Å². The standard InChI is InChI=1S/C13H15BrO/c1-9(15)6-10-2-3-12-8-13(14)5-4-11(12)7-10/h4-6,8-9,15H,2-3,7H2,1H3/b10-6-. The molecule has 0 aromatic heterocycles. The maximum atomic E-state index is 9.31. The zero-order valence-corrected chi connectivity index (χ0v) is 10.4. The Morgan fingerprint density at radius 1 is 1.33 bits per heavy atom. The van der Waals surface area contributed by atoms with Crippen LogP contribution in [0.15, 0.2) is 34.3 Å². The molecular weight excluding hydrogens is 252 g/mol. The highest BCUT2D eigenvalue weighted by molar-refractivity contribution is 9.10. The minimum atomic E-state index is -0.322. The smallest absolute Gasteiger partial charge is 0.0695 e. The molecule has 2 rings (SSSR count). The molecule has 1 atom stereocenters. The minimum Gasteiger partial charge on any atom is -0.389 e. The number of fused-ring (bicyclic) bond motifs is 1. The molecule has 0 fully saturated rings. The topological polar surface area (TPSA) is 20.2 Å². The highest BCUT2D eigenvalue weighted by Crippen LogP contribution is 2.27. The van der Waals surface area contributed by atoms with Gasteiger partial charge in [0.2, 0.25) is 0 Å². The van der Waals surface area contributed by atoms with Crippen molar-refractivity contribution >= 4 is 15.9 Å². The number of halogens is 1. The van der Waals surface area contributed by atoms with Crippen molar-refractivity contribution in [3.8, 4) is 0 Å². The Morgan fingerprint density at radius 2 is 2.13 bits per heavy atom. The molecule has 0 radical (unpaired) electrons. The summed E-state index contributed by atoms with van der Waals surface area (Å²) in [6.45, 7) is 1.81. The predicted molar refractivity (Wildman–Crippen MR) is 65.9 cm³/mol. The zero-order valence-electron chi connectivity index (χ0n) is 8.83. The van der Waals surface area contributed by atoms with E-state index in [9.17, 15) is 5.11 Å². The van der Waals surface area contributed by atoms with Gasteiger partial charge in [-0.05, 0) is 49.4 Å². The van der Waals surface area contributed by atoms with Crippen LogP contribution in [0, 0.1) is 0 Å². The van der Waals surface area contributed by atoms with E-state index in [-0.39, 0.29) is 6.10 Å². The molecule has 1 aliphatic rings. The van der Waals surface area contributed by atoms with Gasteiger partial charge in [-0.3, -0.25) is 0 Å². The van der Waals surface area contributed by atoms with Gasteiger partial charge < -0.3 is 5.11 Å². The summed E-state index contributed by atoms with van der Waals surface area (Å²) in [5.74, 6) is 0. The van der Waals surface area contributed by atoms with Gasteiger partial charge in [0.25, 0.3) is 0 Å². The molecule has 1 unspecified atom stereocenters. The lowest BCUT2D eigenvalue weighted by Gasteiger charge is -2.19. The lowest BCUT2D eigenvalue weighted by molar-refractivity contribution is 0.242. The van der Waals surface area contributed by atoms with Gasteiger partial charge in [-0.15, -0.1) is 0 Å². The van der Waals surface area contributed by atoms with Crippen LogP contribution < -0.4 is 0 Å². The Kier molecular flexibility index (Phi) is 3.27. The summed E-state index contributed by atoms with van der Waals surface area (Å²) < 4.78 is 1.16. The van der Waals surface area contributed by atoms with E-state index < -0.39 is 0 Å². The number of hydrogen-bond donors (Lipinski definition) is 1. The third-order valence-electron chi connectivity index (χ3n) is 2.78. The fourth-order valence-corrected chi connectivity index (χ4v) is 2.52. The van der Waals surface area contributed by atoms with Crippen molar-refractivity contribution in [2.75, 3.05) is 0 Å². The van der Waals surface area contributed by atoms with E-state index >= 15 is 0 Å². The maximum Gasteiger partial charge on any atom is 0.0695 e. The lowest BCUT2D eigenvalue weighted by Crippen LogP contribution is -2.08. The fourth-order valence-electron chi connectivity index (χ4n) is 2.11. The summed E-state index contributed by atoms with van der Waals surface area (Å²) >= 11 is 3.49. The Morgan fingerprint density at radius 3 is 2.87 bits per heavy atom. The van der Waals surface area contributed by atoms with Crippen LogP contribution >= 0.6 is 15.9 Å². The molecule has 2 heteroatoms. The Balaban J connectivity index is 2.24. The van der Waals surface area contributed by atoms with Crippen molar-refractivity contribution in [2.24, 2.45) is 0 Å². The fraction of sp³-hybridized carbons (Fsp3) is 0.385. The second kappa shape index (κ2) is 4.50. The van der Waals surface area contributed by atoms with Gasteiger partial charge in [0, 0.05) is 4.47 Å². The molecule has 1 aromatic carbocycles. The number of rotatable bonds is 1. The third-order valence-corrected chi connectivity index (χ3v) is 3.27. The summed E-state index contributed by atoms with van der Waals surface area (Å²) in [7, 11) is 0. The van der Waals surface area contributed by atoms with Crippen molar-refractivity contribution in [1.29, 1.82) is 0 Å². The number of hydrogen-bond acceptors (Lipinski definition) is 1. The van der Waals surface area contributed by atoms with Crippen LogP contribution in [0.5, 0.6) is 0 Å². The normalized spacial score (nSPS) is 20.1. The van der Waals surface area contributed by atoms with E-state index in [4.69, 9.17) is 0 Å². The highest BCUT2D eigenvalue weighted by Gasteiger charge is 2.13. The van der Waals surface area contributed by atoms with Gasteiger partial charge in [-0.2, -0.15) is 0 Å². The number of allylic oxidation sites excluding steroid dienone is 1. The molecule has 1 aromatic rings. The number of aliphatic hydroxyl groups is 1. The molecule has 15 heavy (non-hydrogen) atoms. The van der Waals surface area contributed by atoms with Gasteiger partial charge in [0.1, 0.15) is 0 Å². The molecule has 0 bridgehead atoms. The molecule has 80 valence electrons. The largest absolute Gasteiger partial charge is 0.389 e. The number of aryl methyl sites for hydroxylation is 1. The van der Waals surface area contributed by atoms with Crippen LogP contribution in [0.25, 0.3) is 0 Å². The van der Waals surface area contributed by atoms with Gasteiger partial charge in [0.05, 0.1) is 6.10 Å². The molecule has 0 saturated heterocycles. The average molecular weight is 267 g/mol. The van der Waals surface area contributed by atoms with Crippen LogP contribution in [-0.2, 0) is 12.8 Å². The minimum absolute atomic E-state index is 0.322. The average Bonchev–Trinajstić information content (AvgIpc) is 2.17. The first-order valence-electron chi connectivity index (χ1n) is 5.30. The third kappa shape index (κ3) is 2.70. The molecule has 0 aliphatic heterocycles. The first kappa shape index (κ1) is 10.9. The van der Waals surface area contributed by atoms with E-state index in [1.165, 1.54) is 16.7 Å². The maximum absolute atomic E-state index is 9.31. The molecule has 1 aliphatic carbocycles. The van der Waals surface area contributed by atoms with Crippen molar-refractivity contribution in [3.63, 3.8) is 0 Å². The van der Waals surface area contributed by atoms with E-state index in [1.807, 2.05) is 13.0 Å². The van der Waals surface area contributed by atoms with Crippen molar-refractivity contribution < 1.29 is 5.11 Å². The highest BCUT2D eigenvalue weighted by atomic mass is 79.9. The van der Waals surface area contributed by atoms with Crippen LogP contribution in [0.3, 0.4) is 0 Å². The number of aliphatic hydroxyl groups excluding tert-OH is 1.